The summed E-state index contributed by atoms with van der Waals surface area (Å²) in [6.45, 7) is 3.91. The highest BCUT2D eigenvalue weighted by atomic mass is 35.5. The van der Waals surface area contributed by atoms with Crippen LogP contribution in [0.15, 0.2) is 30.3 Å². The number of hydrogen-bond acceptors (Lipinski definition) is 4. The molecule has 6 heteroatoms. The molecule has 0 aliphatic carbocycles. The van der Waals surface area contributed by atoms with Crippen LogP contribution in [0.3, 0.4) is 0 Å². The highest BCUT2D eigenvalue weighted by molar-refractivity contribution is 7.21. The fraction of sp³-hybridized carbons (Fsp3) is 0.125. The SMILES string of the molecule is Cc1cc2c(N)c(C(=O)Nc3ccccc3Cl)sc2nc1C. The zero-order valence-electron chi connectivity index (χ0n) is 12.1. The maximum absolute atomic E-state index is 12.5. The molecule has 0 aliphatic heterocycles. The van der Waals surface area contributed by atoms with E-state index in [0.717, 1.165) is 21.5 Å². The lowest BCUT2D eigenvalue weighted by atomic mass is 10.1. The average Bonchev–Trinajstić information content (AvgIpc) is 2.79. The molecule has 0 saturated carbocycles. The largest absolute Gasteiger partial charge is 0.397 e. The number of amides is 1. The number of para-hydroxylation sites is 1. The number of anilines is 2. The van der Waals surface area contributed by atoms with Crippen molar-refractivity contribution in [1.29, 1.82) is 0 Å². The second kappa shape index (κ2) is 5.59. The number of fused-ring (bicyclic) bond motifs is 1. The molecule has 22 heavy (non-hydrogen) atoms. The van der Waals surface area contributed by atoms with Crippen molar-refractivity contribution in [2.45, 2.75) is 13.8 Å². The first-order valence-corrected chi connectivity index (χ1v) is 7.89. The van der Waals surface area contributed by atoms with Crippen LogP contribution in [0.4, 0.5) is 11.4 Å². The van der Waals surface area contributed by atoms with E-state index < -0.39 is 0 Å². The van der Waals surface area contributed by atoms with Gasteiger partial charge in [-0.15, -0.1) is 11.3 Å². The van der Waals surface area contributed by atoms with Gasteiger partial charge in [-0.25, -0.2) is 4.98 Å². The first kappa shape index (κ1) is 14.8. The van der Waals surface area contributed by atoms with Crippen LogP contribution in [0.25, 0.3) is 10.2 Å². The maximum atomic E-state index is 12.5. The number of pyridine rings is 1. The van der Waals surface area contributed by atoms with Crippen molar-refractivity contribution in [1.82, 2.24) is 4.98 Å². The van der Waals surface area contributed by atoms with Gasteiger partial charge in [-0.05, 0) is 37.6 Å². The topological polar surface area (TPSA) is 68.0 Å². The number of aromatic nitrogens is 1. The van der Waals surface area contributed by atoms with Crippen molar-refractivity contribution < 1.29 is 4.79 Å². The maximum Gasteiger partial charge on any atom is 0.267 e. The van der Waals surface area contributed by atoms with Gasteiger partial charge in [0.25, 0.3) is 5.91 Å². The third kappa shape index (κ3) is 2.53. The zero-order chi connectivity index (χ0) is 15.9. The molecule has 3 rings (SSSR count). The molecule has 2 heterocycles. The molecule has 0 saturated heterocycles. The van der Waals surface area contributed by atoms with Gasteiger partial charge in [0.2, 0.25) is 0 Å². The summed E-state index contributed by atoms with van der Waals surface area (Å²) in [5, 5.41) is 4.09. The number of nitrogens with two attached hydrogens (primary N) is 1. The number of halogens is 1. The lowest BCUT2D eigenvalue weighted by Crippen LogP contribution is -2.12. The minimum atomic E-state index is -0.274. The first-order chi connectivity index (χ1) is 10.5. The zero-order valence-corrected chi connectivity index (χ0v) is 13.7. The van der Waals surface area contributed by atoms with Gasteiger partial charge in [0.1, 0.15) is 9.71 Å². The van der Waals surface area contributed by atoms with Crippen LogP contribution in [0.2, 0.25) is 5.02 Å². The molecule has 2 aromatic heterocycles. The Balaban J connectivity index is 2.01. The molecule has 0 atom stereocenters. The van der Waals surface area contributed by atoms with E-state index >= 15 is 0 Å². The van der Waals surface area contributed by atoms with Gasteiger partial charge in [0, 0.05) is 11.1 Å². The molecular formula is C16H14ClN3OS. The number of rotatable bonds is 2. The van der Waals surface area contributed by atoms with Crippen molar-refractivity contribution in [3.05, 3.63) is 51.5 Å². The molecule has 0 unspecified atom stereocenters. The fourth-order valence-corrected chi connectivity index (χ4v) is 3.34. The summed E-state index contributed by atoms with van der Waals surface area (Å²) in [7, 11) is 0. The molecule has 3 aromatic rings. The Hall–Kier alpha value is -2.11. The van der Waals surface area contributed by atoms with E-state index in [1.807, 2.05) is 26.0 Å². The second-order valence-corrected chi connectivity index (χ2v) is 6.43. The Morgan fingerprint density at radius 2 is 2.05 bits per heavy atom. The van der Waals surface area contributed by atoms with Crippen LogP contribution in [-0.2, 0) is 0 Å². The van der Waals surface area contributed by atoms with Crippen molar-refractivity contribution in [2.75, 3.05) is 11.1 Å². The minimum absolute atomic E-state index is 0.274. The number of carbonyl (C=O) groups is 1. The normalized spacial score (nSPS) is 10.9. The van der Waals surface area contributed by atoms with E-state index in [1.165, 1.54) is 11.3 Å². The smallest absolute Gasteiger partial charge is 0.267 e. The number of benzene rings is 1. The van der Waals surface area contributed by atoms with Gasteiger partial charge in [-0.2, -0.15) is 0 Å². The Kier molecular flexibility index (Phi) is 3.76. The predicted octanol–water partition coefficient (Wildman–Crippen LogP) is 4.40. The van der Waals surface area contributed by atoms with E-state index in [-0.39, 0.29) is 5.91 Å². The van der Waals surface area contributed by atoms with Crippen LogP contribution in [0.5, 0.6) is 0 Å². The molecule has 3 N–H and O–H groups in total. The standard InChI is InChI=1S/C16H14ClN3OS/c1-8-7-10-13(18)14(22-16(10)19-9(8)2)15(21)20-12-6-4-3-5-11(12)17/h3-7H,18H2,1-2H3,(H,20,21). The molecule has 0 fully saturated rings. The summed E-state index contributed by atoms with van der Waals surface area (Å²) in [6, 6.07) is 9.05. The Morgan fingerprint density at radius 3 is 2.77 bits per heavy atom. The minimum Gasteiger partial charge on any atom is -0.397 e. The number of nitrogen functional groups attached to an aromatic ring is 1. The number of thiophene rings is 1. The van der Waals surface area contributed by atoms with Crippen molar-refractivity contribution in [3.8, 4) is 0 Å². The van der Waals surface area contributed by atoms with E-state index in [2.05, 4.69) is 10.3 Å². The Morgan fingerprint density at radius 1 is 1.32 bits per heavy atom. The Labute approximate surface area is 136 Å². The predicted molar refractivity (Wildman–Crippen MR) is 92.9 cm³/mol. The van der Waals surface area contributed by atoms with E-state index in [0.29, 0.717) is 21.3 Å². The molecule has 0 bridgehead atoms. The second-order valence-electron chi connectivity index (χ2n) is 5.02. The molecule has 1 amide bonds. The van der Waals surface area contributed by atoms with Gasteiger partial charge in [0.15, 0.2) is 0 Å². The molecule has 1 aromatic carbocycles. The van der Waals surface area contributed by atoms with Gasteiger partial charge >= 0.3 is 0 Å². The number of nitrogens with one attached hydrogen (secondary N) is 1. The molecule has 4 nitrogen and oxygen atoms in total. The summed E-state index contributed by atoms with van der Waals surface area (Å²) in [5.74, 6) is -0.274. The van der Waals surface area contributed by atoms with Crippen LogP contribution in [-0.4, -0.2) is 10.9 Å². The number of carbonyl (C=O) groups excluding carboxylic acids is 1. The highest BCUT2D eigenvalue weighted by Crippen LogP contribution is 2.34. The van der Waals surface area contributed by atoms with Crippen molar-refractivity contribution in [2.24, 2.45) is 0 Å². The number of aryl methyl sites for hydroxylation is 2. The first-order valence-electron chi connectivity index (χ1n) is 6.69. The fourth-order valence-electron chi connectivity index (χ4n) is 2.14. The molecule has 0 aliphatic rings. The van der Waals surface area contributed by atoms with Crippen molar-refractivity contribution in [3.63, 3.8) is 0 Å². The molecule has 0 spiro atoms. The van der Waals surface area contributed by atoms with Gasteiger partial charge in [0.05, 0.1) is 16.4 Å². The Bertz CT molecular complexity index is 888. The summed E-state index contributed by atoms with van der Waals surface area (Å²) in [4.78, 5) is 18.2. The highest BCUT2D eigenvalue weighted by Gasteiger charge is 2.18. The van der Waals surface area contributed by atoms with E-state index in [1.54, 1.807) is 18.2 Å². The third-order valence-electron chi connectivity index (χ3n) is 3.49. The van der Waals surface area contributed by atoms with Crippen LogP contribution in [0.1, 0.15) is 20.9 Å². The number of nitrogens with zero attached hydrogens (tertiary/aromatic N) is 1. The summed E-state index contributed by atoms with van der Waals surface area (Å²) in [5.41, 5.74) is 9.13. The van der Waals surface area contributed by atoms with Gasteiger partial charge in [-0.3, -0.25) is 4.79 Å². The summed E-state index contributed by atoms with van der Waals surface area (Å²) < 4.78 is 0. The number of hydrogen-bond donors (Lipinski definition) is 2. The van der Waals surface area contributed by atoms with Crippen LogP contribution < -0.4 is 11.1 Å². The molecular weight excluding hydrogens is 318 g/mol. The monoisotopic (exact) mass is 331 g/mol. The van der Waals surface area contributed by atoms with Gasteiger partial charge < -0.3 is 11.1 Å². The lowest BCUT2D eigenvalue weighted by molar-refractivity contribution is 0.103. The van der Waals surface area contributed by atoms with Crippen LogP contribution >= 0.6 is 22.9 Å². The summed E-state index contributed by atoms with van der Waals surface area (Å²) in [6.07, 6.45) is 0. The lowest BCUT2D eigenvalue weighted by Gasteiger charge is -2.06. The molecule has 112 valence electrons. The van der Waals surface area contributed by atoms with E-state index in [9.17, 15) is 4.79 Å². The average molecular weight is 332 g/mol. The third-order valence-corrected chi connectivity index (χ3v) is 4.94. The van der Waals surface area contributed by atoms with Crippen LogP contribution in [0, 0.1) is 13.8 Å². The quantitative estimate of drug-likeness (QED) is 0.731. The van der Waals surface area contributed by atoms with Gasteiger partial charge in [-0.1, -0.05) is 23.7 Å². The van der Waals surface area contributed by atoms with Crippen molar-refractivity contribution >= 4 is 50.4 Å². The summed E-state index contributed by atoms with van der Waals surface area (Å²) >= 11 is 7.35. The molecule has 0 radical (unpaired) electrons. The van der Waals surface area contributed by atoms with E-state index in [4.69, 9.17) is 17.3 Å².